The zero-order chi connectivity index (χ0) is 15.2. The predicted octanol–water partition coefficient (Wildman–Crippen LogP) is 4.43. The van der Waals surface area contributed by atoms with Gasteiger partial charge in [0, 0.05) is 12.1 Å². The number of hydrogen-bond donors (Lipinski definition) is 1. The van der Waals surface area contributed by atoms with E-state index < -0.39 is 0 Å². The molecule has 1 aliphatic rings. The maximum atomic E-state index is 6.01. The van der Waals surface area contributed by atoms with Crippen molar-refractivity contribution in [1.29, 1.82) is 0 Å². The number of furan rings is 1. The molecule has 1 fully saturated rings. The molecule has 0 bridgehead atoms. The van der Waals surface area contributed by atoms with Crippen molar-refractivity contribution in [3.05, 3.63) is 23.2 Å². The summed E-state index contributed by atoms with van der Waals surface area (Å²) in [5, 5.41) is 3.46. The molecule has 0 aliphatic heterocycles. The van der Waals surface area contributed by atoms with E-state index in [2.05, 4.69) is 32.2 Å². The smallest absolute Gasteiger partial charge is 0.130 e. The highest BCUT2D eigenvalue weighted by molar-refractivity contribution is 5.20. The molecule has 1 aliphatic carbocycles. The Morgan fingerprint density at radius 1 is 1.29 bits per heavy atom. The molecule has 0 unspecified atom stereocenters. The van der Waals surface area contributed by atoms with Gasteiger partial charge in [-0.25, -0.2) is 0 Å². The van der Waals surface area contributed by atoms with Gasteiger partial charge in [0.25, 0.3) is 0 Å². The van der Waals surface area contributed by atoms with Crippen molar-refractivity contribution in [2.45, 2.75) is 72.6 Å². The molecule has 1 saturated carbocycles. The molecule has 21 heavy (non-hydrogen) atoms. The molecule has 1 heterocycles. The second kappa shape index (κ2) is 8.00. The highest BCUT2D eigenvalue weighted by Gasteiger charge is 2.19. The molecule has 1 aromatic rings. The van der Waals surface area contributed by atoms with E-state index in [1.54, 1.807) is 0 Å². The molecule has 3 heteroatoms. The zero-order valence-corrected chi connectivity index (χ0v) is 14.1. The lowest BCUT2D eigenvalue weighted by Crippen LogP contribution is -2.20. The summed E-state index contributed by atoms with van der Waals surface area (Å²) in [5.74, 6) is 3.53. The minimum atomic E-state index is 0.425. The van der Waals surface area contributed by atoms with Gasteiger partial charge in [-0.3, -0.25) is 0 Å². The lowest BCUT2D eigenvalue weighted by Gasteiger charge is -2.25. The van der Waals surface area contributed by atoms with Crippen LogP contribution in [0.5, 0.6) is 0 Å². The summed E-state index contributed by atoms with van der Waals surface area (Å²) < 4.78 is 11.8. The Morgan fingerprint density at radius 3 is 2.67 bits per heavy atom. The van der Waals surface area contributed by atoms with E-state index in [4.69, 9.17) is 9.15 Å². The molecule has 0 amide bonds. The molecule has 1 N–H and O–H groups in total. The van der Waals surface area contributed by atoms with Crippen molar-refractivity contribution in [2.24, 2.45) is 11.8 Å². The maximum Gasteiger partial charge on any atom is 0.130 e. The van der Waals surface area contributed by atoms with Gasteiger partial charge in [0.2, 0.25) is 0 Å². The van der Waals surface area contributed by atoms with E-state index in [1.807, 2.05) is 6.92 Å². The van der Waals surface area contributed by atoms with Crippen LogP contribution in [0.4, 0.5) is 0 Å². The van der Waals surface area contributed by atoms with Crippen LogP contribution >= 0.6 is 0 Å². The van der Waals surface area contributed by atoms with Gasteiger partial charge in [0.05, 0.1) is 6.10 Å². The Hall–Kier alpha value is -0.800. The van der Waals surface area contributed by atoms with Crippen LogP contribution in [-0.2, 0) is 17.9 Å². The van der Waals surface area contributed by atoms with Gasteiger partial charge in [-0.1, -0.05) is 20.8 Å². The van der Waals surface area contributed by atoms with Crippen molar-refractivity contribution < 1.29 is 9.15 Å². The van der Waals surface area contributed by atoms with Crippen LogP contribution < -0.4 is 5.32 Å². The van der Waals surface area contributed by atoms with Crippen molar-refractivity contribution in [3.63, 3.8) is 0 Å². The number of aryl methyl sites for hydroxylation is 1. The fraction of sp³-hybridized carbons (Fsp3) is 0.778. The summed E-state index contributed by atoms with van der Waals surface area (Å²) in [5.41, 5.74) is 1.26. The minimum absolute atomic E-state index is 0.425. The van der Waals surface area contributed by atoms with Gasteiger partial charge in [-0.2, -0.15) is 0 Å². The van der Waals surface area contributed by atoms with Crippen LogP contribution in [-0.4, -0.2) is 12.6 Å². The van der Waals surface area contributed by atoms with Crippen LogP contribution in [0.3, 0.4) is 0 Å². The normalized spacial score (nSPS) is 22.9. The third kappa shape index (κ3) is 5.48. The van der Waals surface area contributed by atoms with Gasteiger partial charge >= 0.3 is 0 Å². The molecule has 0 atom stereocenters. The fourth-order valence-electron chi connectivity index (χ4n) is 2.93. The molecule has 2 rings (SSSR count). The Kier molecular flexibility index (Phi) is 6.31. The summed E-state index contributed by atoms with van der Waals surface area (Å²) in [6.45, 7) is 11.4. The van der Waals surface area contributed by atoms with Gasteiger partial charge in [0.1, 0.15) is 18.1 Å². The van der Waals surface area contributed by atoms with Crippen LogP contribution in [0, 0.1) is 18.8 Å². The quantitative estimate of drug-likeness (QED) is 0.807. The molecule has 120 valence electrons. The van der Waals surface area contributed by atoms with Crippen molar-refractivity contribution in [3.8, 4) is 0 Å². The lowest BCUT2D eigenvalue weighted by atomic mass is 9.89. The molecular weight excluding hydrogens is 262 g/mol. The second-order valence-corrected chi connectivity index (χ2v) is 7.01. The van der Waals surface area contributed by atoms with E-state index >= 15 is 0 Å². The molecular formula is C18H31NO2. The monoisotopic (exact) mass is 293 g/mol. The largest absolute Gasteiger partial charge is 0.464 e. The van der Waals surface area contributed by atoms with E-state index in [9.17, 15) is 0 Å². The molecule has 0 radical (unpaired) electrons. The number of ether oxygens (including phenoxy) is 1. The lowest BCUT2D eigenvalue weighted by molar-refractivity contribution is 0.00103. The van der Waals surface area contributed by atoms with Gasteiger partial charge in [0.15, 0.2) is 0 Å². The first-order valence-electron chi connectivity index (χ1n) is 8.45. The van der Waals surface area contributed by atoms with Gasteiger partial charge in [-0.05, 0) is 57.1 Å². The summed E-state index contributed by atoms with van der Waals surface area (Å²) >= 11 is 0. The second-order valence-electron chi connectivity index (χ2n) is 7.01. The Morgan fingerprint density at radius 2 is 2.00 bits per heavy atom. The summed E-state index contributed by atoms with van der Waals surface area (Å²) in [4.78, 5) is 0. The van der Waals surface area contributed by atoms with Gasteiger partial charge < -0.3 is 14.5 Å². The number of hydrogen-bond acceptors (Lipinski definition) is 3. The summed E-state index contributed by atoms with van der Waals surface area (Å²) in [6, 6.07) is 2.15. The Balaban J connectivity index is 1.76. The zero-order valence-electron chi connectivity index (χ0n) is 14.1. The molecule has 0 aromatic carbocycles. The Labute approximate surface area is 129 Å². The van der Waals surface area contributed by atoms with Crippen LogP contribution in [0.15, 0.2) is 10.5 Å². The Bertz CT molecular complexity index is 417. The highest BCUT2D eigenvalue weighted by Crippen LogP contribution is 2.26. The number of nitrogens with one attached hydrogen (secondary N) is 1. The molecule has 1 aromatic heterocycles. The van der Waals surface area contributed by atoms with E-state index in [1.165, 1.54) is 31.2 Å². The summed E-state index contributed by atoms with van der Waals surface area (Å²) in [6.07, 6.45) is 5.42. The maximum absolute atomic E-state index is 6.01. The van der Waals surface area contributed by atoms with E-state index in [-0.39, 0.29) is 0 Å². The minimum Gasteiger partial charge on any atom is -0.464 e. The topological polar surface area (TPSA) is 34.4 Å². The van der Waals surface area contributed by atoms with Gasteiger partial charge in [-0.15, -0.1) is 0 Å². The highest BCUT2D eigenvalue weighted by atomic mass is 16.5. The first kappa shape index (κ1) is 16.6. The standard InChI is InChI=1S/C18H31NO2/c1-13(2)10-19-11-16-9-18(21-15(16)4)12-20-17-7-5-14(3)6-8-17/h9,13-14,17,19H,5-8,10-12H2,1-4H3. The van der Waals surface area contributed by atoms with E-state index in [0.717, 1.165) is 30.5 Å². The average Bonchev–Trinajstić information content (AvgIpc) is 2.78. The van der Waals surface area contributed by atoms with Crippen LogP contribution in [0.2, 0.25) is 0 Å². The first-order valence-corrected chi connectivity index (χ1v) is 8.45. The number of rotatable bonds is 7. The third-order valence-corrected chi connectivity index (χ3v) is 4.36. The van der Waals surface area contributed by atoms with Crippen LogP contribution in [0.25, 0.3) is 0 Å². The van der Waals surface area contributed by atoms with E-state index in [0.29, 0.717) is 18.6 Å². The first-order chi connectivity index (χ1) is 10.0. The SMILES string of the molecule is Cc1oc(COC2CCC(C)CC2)cc1CNCC(C)C. The molecule has 0 spiro atoms. The third-order valence-electron chi connectivity index (χ3n) is 4.36. The molecule has 3 nitrogen and oxygen atoms in total. The predicted molar refractivity (Wildman–Crippen MR) is 86.2 cm³/mol. The van der Waals surface area contributed by atoms with Crippen LogP contribution in [0.1, 0.15) is 63.5 Å². The van der Waals surface area contributed by atoms with Crippen molar-refractivity contribution in [2.75, 3.05) is 6.54 Å². The van der Waals surface area contributed by atoms with Crippen molar-refractivity contribution in [1.82, 2.24) is 5.32 Å². The molecule has 0 saturated heterocycles. The average molecular weight is 293 g/mol. The fourth-order valence-corrected chi connectivity index (χ4v) is 2.93. The van der Waals surface area contributed by atoms with Crippen molar-refractivity contribution >= 4 is 0 Å². The summed E-state index contributed by atoms with van der Waals surface area (Å²) in [7, 11) is 0.